The Labute approximate surface area is 133 Å². The molecule has 3 nitrogen and oxygen atoms in total. The highest BCUT2D eigenvalue weighted by atomic mass is 28.5. The molecule has 0 spiro atoms. The van der Waals surface area contributed by atoms with E-state index >= 15 is 0 Å². The smallest absolute Gasteiger partial charge is 0.352 e. The minimum atomic E-state index is -2.36. The van der Waals surface area contributed by atoms with E-state index in [1.54, 1.807) is 0 Å². The van der Waals surface area contributed by atoms with Gasteiger partial charge in [-0.15, -0.1) is 13.2 Å². The Bertz CT molecular complexity index is 299. The number of unbranched alkanes of at least 4 members (excludes halogenated alkanes) is 5. The van der Waals surface area contributed by atoms with E-state index in [1.165, 1.54) is 32.1 Å². The third-order valence-electron chi connectivity index (χ3n) is 3.46. The number of hydrogen-bond acceptors (Lipinski definition) is 3. The highest BCUT2D eigenvalue weighted by Crippen LogP contribution is 2.19. The first kappa shape index (κ1) is 20.8. The fourth-order valence-electron chi connectivity index (χ4n) is 2.11. The van der Waals surface area contributed by atoms with Crippen molar-refractivity contribution >= 4 is 17.1 Å². The van der Waals surface area contributed by atoms with Gasteiger partial charge in [-0.2, -0.15) is 0 Å². The molecule has 0 aromatic heterocycles. The summed E-state index contributed by atoms with van der Waals surface area (Å²) in [5.41, 5.74) is 3.66. The van der Waals surface area contributed by atoms with Gasteiger partial charge in [-0.3, -0.25) is 0 Å². The van der Waals surface area contributed by atoms with Crippen LogP contribution in [-0.4, -0.2) is 30.3 Å². The fourth-order valence-corrected chi connectivity index (χ4v) is 7.82. The van der Waals surface area contributed by atoms with Gasteiger partial charge in [-0.1, -0.05) is 50.4 Å². The molecule has 2 atom stereocenters. The van der Waals surface area contributed by atoms with Gasteiger partial charge < -0.3 is 13.0 Å². The standard InChI is InChI=1S/C16H34O3Si2/c1-7-11-12-13-14-15-16-18-21(6,10-4)19-20(5,9-3)17-8-2/h9-10H,3-4,7-8,11-16H2,1-2,5-6H3. The maximum Gasteiger partial charge on any atom is 0.352 e. The Kier molecular flexibility index (Phi) is 11.3. The van der Waals surface area contributed by atoms with E-state index in [1.807, 2.05) is 31.4 Å². The Morgan fingerprint density at radius 2 is 1.33 bits per heavy atom. The van der Waals surface area contributed by atoms with Crippen LogP contribution in [0.15, 0.2) is 24.6 Å². The molecule has 0 radical (unpaired) electrons. The van der Waals surface area contributed by atoms with Crippen LogP contribution in [0.5, 0.6) is 0 Å². The van der Waals surface area contributed by atoms with Crippen molar-refractivity contribution in [1.82, 2.24) is 0 Å². The van der Waals surface area contributed by atoms with E-state index in [0.717, 1.165) is 13.0 Å². The van der Waals surface area contributed by atoms with Crippen molar-refractivity contribution in [3.63, 3.8) is 0 Å². The lowest BCUT2D eigenvalue weighted by molar-refractivity contribution is 0.205. The topological polar surface area (TPSA) is 27.7 Å². The van der Waals surface area contributed by atoms with Gasteiger partial charge in [0.25, 0.3) is 0 Å². The zero-order valence-electron chi connectivity index (χ0n) is 14.5. The fraction of sp³-hybridized carbons (Fsp3) is 0.750. The predicted molar refractivity (Wildman–Crippen MR) is 95.7 cm³/mol. The summed E-state index contributed by atoms with van der Waals surface area (Å²) in [6.07, 6.45) is 7.56. The van der Waals surface area contributed by atoms with E-state index in [4.69, 9.17) is 13.0 Å². The minimum absolute atomic E-state index is 0.633. The summed E-state index contributed by atoms with van der Waals surface area (Å²) < 4.78 is 18.0. The van der Waals surface area contributed by atoms with Crippen LogP contribution < -0.4 is 0 Å². The van der Waals surface area contributed by atoms with Gasteiger partial charge in [-0.25, -0.2) is 0 Å². The first-order valence-corrected chi connectivity index (χ1v) is 13.0. The molecule has 5 heteroatoms. The Morgan fingerprint density at radius 3 is 1.86 bits per heavy atom. The van der Waals surface area contributed by atoms with Crippen LogP contribution in [0.4, 0.5) is 0 Å². The second-order valence-corrected chi connectivity index (χ2v) is 11.9. The monoisotopic (exact) mass is 330 g/mol. The largest absolute Gasteiger partial charge is 0.409 e. The van der Waals surface area contributed by atoms with Crippen LogP contribution in [0.3, 0.4) is 0 Å². The van der Waals surface area contributed by atoms with E-state index in [2.05, 4.69) is 20.1 Å². The van der Waals surface area contributed by atoms with Gasteiger partial charge in [-0.05, 0) is 26.4 Å². The molecule has 0 aromatic carbocycles. The molecule has 0 N–H and O–H groups in total. The summed E-state index contributed by atoms with van der Waals surface area (Å²) in [6.45, 7) is 17.4. The summed E-state index contributed by atoms with van der Waals surface area (Å²) in [4.78, 5) is 0. The van der Waals surface area contributed by atoms with Crippen LogP contribution >= 0.6 is 0 Å². The third-order valence-corrected chi connectivity index (χ3v) is 9.83. The van der Waals surface area contributed by atoms with Crippen molar-refractivity contribution in [3.05, 3.63) is 24.6 Å². The average molecular weight is 331 g/mol. The molecule has 0 aromatic rings. The first-order valence-electron chi connectivity index (χ1n) is 8.20. The maximum absolute atomic E-state index is 6.21. The molecule has 0 saturated carbocycles. The predicted octanol–water partition coefficient (Wildman–Crippen LogP) is 5.01. The second-order valence-electron chi connectivity index (χ2n) is 5.59. The van der Waals surface area contributed by atoms with Crippen molar-refractivity contribution in [3.8, 4) is 0 Å². The highest BCUT2D eigenvalue weighted by Gasteiger charge is 2.39. The molecule has 0 amide bonds. The molecule has 0 aliphatic carbocycles. The SMILES string of the molecule is C=C[Si](C)(OCC)O[Si](C)(C=C)OCCCCCCCC. The quantitative estimate of drug-likeness (QED) is 0.331. The van der Waals surface area contributed by atoms with E-state index in [0.29, 0.717) is 6.61 Å². The van der Waals surface area contributed by atoms with Gasteiger partial charge in [0.2, 0.25) is 0 Å². The van der Waals surface area contributed by atoms with Crippen LogP contribution in [0, 0.1) is 0 Å². The Hall–Kier alpha value is -0.206. The van der Waals surface area contributed by atoms with E-state index in [9.17, 15) is 0 Å². The van der Waals surface area contributed by atoms with Crippen LogP contribution in [0.2, 0.25) is 13.1 Å². The van der Waals surface area contributed by atoms with Gasteiger partial charge in [0.15, 0.2) is 0 Å². The normalized spacial score (nSPS) is 17.0. The number of hydrogen-bond donors (Lipinski definition) is 0. The second kappa shape index (κ2) is 11.4. The van der Waals surface area contributed by atoms with E-state index in [-0.39, 0.29) is 0 Å². The van der Waals surface area contributed by atoms with Crippen molar-refractivity contribution in [2.75, 3.05) is 13.2 Å². The molecule has 21 heavy (non-hydrogen) atoms. The van der Waals surface area contributed by atoms with Gasteiger partial charge >= 0.3 is 17.1 Å². The molecule has 0 bridgehead atoms. The van der Waals surface area contributed by atoms with Crippen molar-refractivity contribution in [2.24, 2.45) is 0 Å². The van der Waals surface area contributed by atoms with Gasteiger partial charge in [0.05, 0.1) is 0 Å². The maximum atomic E-state index is 6.21. The highest BCUT2D eigenvalue weighted by molar-refractivity contribution is 6.84. The molecular weight excluding hydrogens is 296 g/mol. The summed E-state index contributed by atoms with van der Waals surface area (Å²) in [5, 5.41) is 0. The molecule has 2 unspecified atom stereocenters. The average Bonchev–Trinajstić information content (AvgIpc) is 2.46. The molecule has 0 aliphatic rings. The third kappa shape index (κ3) is 9.42. The lowest BCUT2D eigenvalue weighted by atomic mass is 10.1. The van der Waals surface area contributed by atoms with E-state index < -0.39 is 17.1 Å². The molecular formula is C16H34O3Si2. The van der Waals surface area contributed by atoms with Gasteiger partial charge in [0, 0.05) is 13.2 Å². The lowest BCUT2D eigenvalue weighted by Crippen LogP contribution is -2.50. The Morgan fingerprint density at radius 1 is 0.810 bits per heavy atom. The van der Waals surface area contributed by atoms with Gasteiger partial charge in [0.1, 0.15) is 0 Å². The lowest BCUT2D eigenvalue weighted by Gasteiger charge is -2.33. The molecule has 0 rings (SSSR count). The summed E-state index contributed by atoms with van der Waals surface area (Å²) in [6, 6.07) is 0. The molecule has 124 valence electrons. The van der Waals surface area contributed by atoms with Crippen LogP contribution in [0.25, 0.3) is 0 Å². The summed E-state index contributed by atoms with van der Waals surface area (Å²) in [7, 11) is -4.70. The zero-order chi connectivity index (χ0) is 16.2. The summed E-state index contributed by atoms with van der Waals surface area (Å²) >= 11 is 0. The molecule has 0 aliphatic heterocycles. The molecule has 0 saturated heterocycles. The molecule has 0 heterocycles. The minimum Gasteiger partial charge on any atom is -0.409 e. The van der Waals surface area contributed by atoms with Crippen LogP contribution in [-0.2, 0) is 13.0 Å². The van der Waals surface area contributed by atoms with Crippen molar-refractivity contribution in [2.45, 2.75) is 65.5 Å². The van der Waals surface area contributed by atoms with Crippen molar-refractivity contribution in [1.29, 1.82) is 0 Å². The van der Waals surface area contributed by atoms with Crippen molar-refractivity contribution < 1.29 is 13.0 Å². The van der Waals surface area contributed by atoms with Crippen LogP contribution in [0.1, 0.15) is 52.4 Å². The zero-order valence-corrected chi connectivity index (χ0v) is 16.5. The Balaban J connectivity index is 4.15. The first-order chi connectivity index (χ1) is 9.95. The molecule has 0 fully saturated rings. The summed E-state index contributed by atoms with van der Waals surface area (Å²) in [5.74, 6) is 0. The number of rotatable bonds is 14.